The van der Waals surface area contributed by atoms with Gasteiger partial charge in [0.2, 0.25) is 0 Å². The highest BCUT2D eigenvalue weighted by atomic mass is 19.1. The van der Waals surface area contributed by atoms with Gasteiger partial charge in [0.25, 0.3) is 5.56 Å². The molecule has 0 aliphatic heterocycles. The van der Waals surface area contributed by atoms with Crippen LogP contribution in [-0.2, 0) is 7.05 Å². The average Bonchev–Trinajstić information content (AvgIpc) is 2.23. The van der Waals surface area contributed by atoms with Gasteiger partial charge in [-0.05, 0) is 23.3 Å². The Morgan fingerprint density at radius 1 is 1.47 bits per heavy atom. The summed E-state index contributed by atoms with van der Waals surface area (Å²) in [5.74, 6) is -0.450. The summed E-state index contributed by atoms with van der Waals surface area (Å²) in [5, 5.41) is 4.31. The first-order chi connectivity index (χ1) is 7.13. The minimum atomic E-state index is -0.484. The van der Waals surface area contributed by atoms with Gasteiger partial charge in [-0.25, -0.2) is 4.39 Å². The van der Waals surface area contributed by atoms with Gasteiger partial charge >= 0.3 is 5.82 Å². The maximum Gasteiger partial charge on any atom is 0.302 e. The molecule has 5 heteroatoms. The highest BCUT2D eigenvalue weighted by Gasteiger charge is 2.10. The van der Waals surface area contributed by atoms with Crippen molar-refractivity contribution in [2.75, 3.05) is 0 Å². The number of nitrogens with zero attached hydrogens (tertiary/aromatic N) is 3. The second-order valence-corrected chi connectivity index (χ2v) is 3.05. The molecular weight excluding hydrogens is 197 g/mol. The predicted octanol–water partition coefficient (Wildman–Crippen LogP) is 1.62. The van der Waals surface area contributed by atoms with Crippen molar-refractivity contribution in [1.82, 2.24) is 9.78 Å². The molecule has 0 spiro atoms. The van der Waals surface area contributed by atoms with E-state index in [0.717, 1.165) is 10.7 Å². The van der Waals surface area contributed by atoms with Crippen molar-refractivity contribution in [3.8, 4) is 0 Å². The molecule has 0 N–H and O–H groups in total. The van der Waals surface area contributed by atoms with Crippen LogP contribution in [0.25, 0.3) is 15.6 Å². The summed E-state index contributed by atoms with van der Waals surface area (Å²) in [6, 6.07) is 3.71. The molecular formula is C10H6FN3O. The summed E-state index contributed by atoms with van der Waals surface area (Å²) in [7, 11) is 1.46. The molecule has 0 aliphatic carbocycles. The van der Waals surface area contributed by atoms with Gasteiger partial charge in [-0.3, -0.25) is 4.79 Å². The molecule has 1 aromatic carbocycles. The Balaban J connectivity index is 3.05. The van der Waals surface area contributed by atoms with Gasteiger partial charge in [0.1, 0.15) is 5.82 Å². The smallest absolute Gasteiger partial charge is 0.302 e. The molecule has 0 amide bonds. The van der Waals surface area contributed by atoms with Crippen LogP contribution in [0.5, 0.6) is 0 Å². The van der Waals surface area contributed by atoms with E-state index in [2.05, 4.69) is 9.94 Å². The van der Waals surface area contributed by atoms with Gasteiger partial charge in [-0.2, -0.15) is 4.68 Å². The average molecular weight is 203 g/mol. The van der Waals surface area contributed by atoms with E-state index in [1.54, 1.807) is 0 Å². The zero-order valence-electron chi connectivity index (χ0n) is 7.86. The summed E-state index contributed by atoms with van der Waals surface area (Å²) in [5.41, 5.74) is -0.336. The monoisotopic (exact) mass is 203 g/mol. The standard InChI is InChI=1S/C10H6FN3O/c1-12-9-8-5-6(11)3-4-7(8)10(15)14(2)13-9/h3-5H,2H3. The minimum absolute atomic E-state index is 0.0339. The Morgan fingerprint density at radius 3 is 2.87 bits per heavy atom. The van der Waals surface area contributed by atoms with Crippen LogP contribution >= 0.6 is 0 Å². The number of rotatable bonds is 0. The number of aromatic nitrogens is 2. The number of fused-ring (bicyclic) bond motifs is 1. The van der Waals surface area contributed by atoms with Crippen molar-refractivity contribution in [1.29, 1.82) is 0 Å². The lowest BCUT2D eigenvalue weighted by molar-refractivity contribution is 0.629. The Morgan fingerprint density at radius 2 is 2.20 bits per heavy atom. The molecule has 0 fully saturated rings. The molecule has 0 radical (unpaired) electrons. The quantitative estimate of drug-likeness (QED) is 0.610. The third-order valence-corrected chi connectivity index (χ3v) is 2.10. The molecule has 0 saturated heterocycles. The summed E-state index contributed by atoms with van der Waals surface area (Å²) < 4.78 is 14.0. The van der Waals surface area contributed by atoms with Crippen LogP contribution in [0.1, 0.15) is 0 Å². The highest BCUT2D eigenvalue weighted by Crippen LogP contribution is 2.21. The van der Waals surface area contributed by atoms with Crippen LogP contribution in [0.4, 0.5) is 10.2 Å². The fourth-order valence-corrected chi connectivity index (χ4v) is 1.39. The summed E-state index contributed by atoms with van der Waals surface area (Å²) in [6.45, 7) is 6.89. The molecule has 1 heterocycles. The summed E-state index contributed by atoms with van der Waals surface area (Å²) in [6.07, 6.45) is 0. The molecule has 4 nitrogen and oxygen atoms in total. The molecule has 2 rings (SSSR count). The van der Waals surface area contributed by atoms with Crippen LogP contribution in [-0.4, -0.2) is 9.78 Å². The zero-order valence-corrected chi connectivity index (χ0v) is 7.86. The van der Waals surface area contributed by atoms with Crippen molar-refractivity contribution >= 4 is 16.6 Å². The van der Waals surface area contributed by atoms with Crippen molar-refractivity contribution in [2.45, 2.75) is 0 Å². The van der Waals surface area contributed by atoms with Crippen LogP contribution in [0.2, 0.25) is 0 Å². The van der Waals surface area contributed by atoms with Gasteiger partial charge in [0, 0.05) is 10.8 Å². The summed E-state index contributed by atoms with van der Waals surface area (Å²) in [4.78, 5) is 14.7. The molecule has 0 aliphatic rings. The van der Waals surface area contributed by atoms with Crippen LogP contribution in [0, 0.1) is 12.4 Å². The van der Waals surface area contributed by atoms with Crippen molar-refractivity contribution in [3.05, 3.63) is 45.8 Å². The van der Waals surface area contributed by atoms with E-state index in [-0.39, 0.29) is 16.8 Å². The van der Waals surface area contributed by atoms with Gasteiger partial charge in [-0.15, -0.1) is 0 Å². The van der Waals surface area contributed by atoms with Crippen LogP contribution < -0.4 is 5.56 Å². The van der Waals surface area contributed by atoms with E-state index in [1.807, 2.05) is 0 Å². The van der Waals surface area contributed by atoms with Crippen LogP contribution in [0.15, 0.2) is 23.0 Å². The Labute approximate surface area is 84.4 Å². The molecule has 0 saturated carbocycles. The Bertz CT molecular complexity index is 639. The fraction of sp³-hybridized carbons (Fsp3) is 0.100. The second kappa shape index (κ2) is 3.17. The van der Waals surface area contributed by atoms with Crippen molar-refractivity contribution in [2.24, 2.45) is 7.05 Å². The largest absolute Gasteiger partial charge is 0.358 e. The lowest BCUT2D eigenvalue weighted by Crippen LogP contribution is -2.19. The fourth-order valence-electron chi connectivity index (χ4n) is 1.39. The van der Waals surface area contributed by atoms with Crippen LogP contribution in [0.3, 0.4) is 0 Å². The normalized spacial score (nSPS) is 10.2. The second-order valence-electron chi connectivity index (χ2n) is 3.05. The number of halogens is 1. The van der Waals surface area contributed by atoms with E-state index in [4.69, 9.17) is 6.57 Å². The predicted molar refractivity (Wildman–Crippen MR) is 53.2 cm³/mol. The van der Waals surface area contributed by atoms with Gasteiger partial charge < -0.3 is 4.85 Å². The number of hydrogen-bond acceptors (Lipinski definition) is 2. The molecule has 15 heavy (non-hydrogen) atoms. The first-order valence-corrected chi connectivity index (χ1v) is 4.17. The highest BCUT2D eigenvalue weighted by molar-refractivity contribution is 5.91. The van der Waals surface area contributed by atoms with E-state index < -0.39 is 5.82 Å². The lowest BCUT2D eigenvalue weighted by atomic mass is 10.2. The number of hydrogen-bond donors (Lipinski definition) is 0. The molecule has 0 atom stereocenters. The third kappa shape index (κ3) is 1.36. The zero-order chi connectivity index (χ0) is 11.0. The summed E-state index contributed by atoms with van der Waals surface area (Å²) >= 11 is 0. The number of aryl methyl sites for hydroxylation is 1. The molecule has 2 aromatic rings. The number of benzene rings is 1. The minimum Gasteiger partial charge on any atom is -0.358 e. The van der Waals surface area contributed by atoms with E-state index in [9.17, 15) is 9.18 Å². The van der Waals surface area contributed by atoms with Gasteiger partial charge in [0.15, 0.2) is 0 Å². The maximum absolute atomic E-state index is 12.9. The Kier molecular flexibility index (Phi) is 1.97. The molecule has 0 bridgehead atoms. The first-order valence-electron chi connectivity index (χ1n) is 4.17. The van der Waals surface area contributed by atoms with Crippen molar-refractivity contribution in [3.63, 3.8) is 0 Å². The maximum atomic E-state index is 12.9. The van der Waals surface area contributed by atoms with E-state index in [0.29, 0.717) is 5.39 Å². The molecule has 0 unspecified atom stereocenters. The Hall–Kier alpha value is -2.22. The third-order valence-electron chi connectivity index (χ3n) is 2.10. The van der Waals surface area contributed by atoms with Crippen molar-refractivity contribution < 1.29 is 4.39 Å². The van der Waals surface area contributed by atoms with Gasteiger partial charge in [0.05, 0.1) is 7.05 Å². The lowest BCUT2D eigenvalue weighted by Gasteiger charge is -2.00. The topological polar surface area (TPSA) is 39.2 Å². The molecule has 74 valence electrons. The first kappa shape index (κ1) is 9.34. The van der Waals surface area contributed by atoms with Gasteiger partial charge in [-0.1, -0.05) is 6.57 Å². The van der Waals surface area contributed by atoms with E-state index >= 15 is 0 Å². The van der Waals surface area contributed by atoms with E-state index in [1.165, 1.54) is 19.2 Å². The molecule has 1 aromatic heterocycles. The SMILES string of the molecule is [C-]#[N+]c1nn(C)c(=O)c2ccc(F)cc12.